The topological polar surface area (TPSA) is 45.3 Å². The lowest BCUT2D eigenvalue weighted by molar-refractivity contribution is -0.123. The summed E-state index contributed by atoms with van der Waals surface area (Å²) < 4.78 is 12.2. The number of epoxide rings is 2. The third-order valence-electron chi connectivity index (χ3n) is 8.10. The van der Waals surface area contributed by atoms with Crippen molar-refractivity contribution in [2.45, 2.75) is 109 Å². The Morgan fingerprint density at radius 2 is 1.39 bits per heavy atom. The van der Waals surface area contributed by atoms with Crippen LogP contribution in [0.25, 0.3) is 0 Å². The molecule has 4 fully saturated rings. The van der Waals surface area contributed by atoms with Gasteiger partial charge in [0.25, 0.3) is 0 Å². The highest BCUT2D eigenvalue weighted by molar-refractivity contribution is 5.09. The number of hydrogen-bond donors (Lipinski definition) is 1. The highest BCUT2D eigenvalue weighted by Crippen LogP contribution is 2.58. The minimum Gasteiger partial charge on any atom is -0.390 e. The van der Waals surface area contributed by atoms with Crippen LogP contribution in [0, 0.1) is 17.3 Å². The predicted molar refractivity (Wildman–Crippen MR) is 90.3 cm³/mol. The van der Waals surface area contributed by atoms with Crippen LogP contribution >= 0.6 is 0 Å². The molecule has 0 aromatic carbocycles. The molecule has 2 bridgehead atoms. The molecule has 2 saturated carbocycles. The van der Waals surface area contributed by atoms with Gasteiger partial charge in [-0.25, -0.2) is 0 Å². The molecule has 0 spiro atoms. The van der Waals surface area contributed by atoms with Crippen LogP contribution in [0.3, 0.4) is 0 Å². The van der Waals surface area contributed by atoms with Gasteiger partial charge in [-0.1, -0.05) is 13.8 Å². The highest BCUT2D eigenvalue weighted by atomic mass is 16.6. The molecule has 2 heterocycles. The monoisotopic (exact) mass is 322 g/mol. The maximum absolute atomic E-state index is 11.1. The molecular weight excluding hydrogens is 288 g/mol. The molecule has 2 saturated heterocycles. The van der Waals surface area contributed by atoms with Gasteiger partial charge in [0.15, 0.2) is 0 Å². The van der Waals surface area contributed by atoms with E-state index in [4.69, 9.17) is 9.47 Å². The summed E-state index contributed by atoms with van der Waals surface area (Å²) in [7, 11) is 0. The van der Waals surface area contributed by atoms with Crippen LogP contribution in [0.2, 0.25) is 0 Å². The summed E-state index contributed by atoms with van der Waals surface area (Å²) in [6.07, 6.45) is 8.45. The van der Waals surface area contributed by atoms with Crippen LogP contribution in [-0.2, 0) is 9.47 Å². The first-order valence-electron chi connectivity index (χ1n) is 9.65. The Morgan fingerprint density at radius 3 is 2.13 bits per heavy atom. The lowest BCUT2D eigenvalue weighted by Crippen LogP contribution is -2.52. The fourth-order valence-electron chi connectivity index (χ4n) is 5.99. The Bertz CT molecular complexity index is 499. The minimum absolute atomic E-state index is 0.0407. The predicted octanol–water partition coefficient (Wildman–Crippen LogP) is 4.07. The van der Waals surface area contributed by atoms with Gasteiger partial charge in [0, 0.05) is 0 Å². The Kier molecular flexibility index (Phi) is 3.37. The molecule has 4 rings (SSSR count). The summed E-state index contributed by atoms with van der Waals surface area (Å²) in [6.45, 7) is 11.4. The van der Waals surface area contributed by atoms with E-state index in [0.717, 1.165) is 38.5 Å². The first-order chi connectivity index (χ1) is 10.6. The van der Waals surface area contributed by atoms with E-state index >= 15 is 0 Å². The van der Waals surface area contributed by atoms with E-state index in [1.54, 1.807) is 0 Å². The van der Waals surface area contributed by atoms with Crippen LogP contribution in [-0.4, -0.2) is 34.1 Å². The van der Waals surface area contributed by atoms with Gasteiger partial charge in [-0.2, -0.15) is 0 Å². The Morgan fingerprint density at radius 1 is 0.783 bits per heavy atom. The average Bonchev–Trinajstić information content (AvgIpc) is 3.27. The minimum atomic E-state index is -0.543. The van der Waals surface area contributed by atoms with Gasteiger partial charge in [0.1, 0.15) is 0 Å². The van der Waals surface area contributed by atoms with Crippen molar-refractivity contribution in [3.63, 3.8) is 0 Å². The quantitative estimate of drug-likeness (QED) is 0.684. The van der Waals surface area contributed by atoms with E-state index in [2.05, 4.69) is 34.6 Å². The van der Waals surface area contributed by atoms with Crippen molar-refractivity contribution in [1.82, 2.24) is 0 Å². The maximum Gasteiger partial charge on any atom is 0.0921 e. The lowest BCUT2D eigenvalue weighted by Gasteiger charge is -2.53. The number of aliphatic hydroxyl groups is 1. The van der Waals surface area contributed by atoms with Gasteiger partial charge in [-0.3, -0.25) is 0 Å². The van der Waals surface area contributed by atoms with Crippen LogP contribution in [0.4, 0.5) is 0 Å². The second-order valence-electron chi connectivity index (χ2n) is 10.1. The molecule has 0 amide bonds. The third-order valence-corrected chi connectivity index (χ3v) is 8.10. The second kappa shape index (κ2) is 4.74. The Balaban J connectivity index is 1.62. The van der Waals surface area contributed by atoms with Crippen molar-refractivity contribution in [3.8, 4) is 0 Å². The molecule has 2 aliphatic heterocycles. The zero-order valence-corrected chi connectivity index (χ0v) is 15.5. The molecule has 3 heteroatoms. The average molecular weight is 322 g/mol. The molecule has 4 aliphatic rings. The highest BCUT2D eigenvalue weighted by Gasteiger charge is 2.60. The van der Waals surface area contributed by atoms with Crippen LogP contribution in [0.1, 0.15) is 79.6 Å². The molecule has 1 N–H and O–H groups in total. The Labute approximate surface area is 141 Å². The van der Waals surface area contributed by atoms with Crippen molar-refractivity contribution >= 4 is 0 Å². The molecule has 23 heavy (non-hydrogen) atoms. The molecule has 132 valence electrons. The summed E-state index contributed by atoms with van der Waals surface area (Å²) in [5, 5.41) is 11.1. The molecule has 7 atom stereocenters. The van der Waals surface area contributed by atoms with E-state index in [0.29, 0.717) is 24.0 Å². The van der Waals surface area contributed by atoms with E-state index in [1.807, 2.05) is 0 Å². The standard InChI is InChI=1S/C20H34O3/c1-17(2)13-6-9-18(3,21)14(17)7-10-19(4)15(22-19)8-11-20(5)16(12-13)23-20/h13-16,21H,6-12H2,1-5H3. The van der Waals surface area contributed by atoms with Crippen molar-refractivity contribution in [2.24, 2.45) is 17.3 Å². The van der Waals surface area contributed by atoms with Gasteiger partial charge < -0.3 is 14.6 Å². The molecular formula is C20H34O3. The van der Waals surface area contributed by atoms with Crippen molar-refractivity contribution in [2.75, 3.05) is 0 Å². The van der Waals surface area contributed by atoms with Gasteiger partial charge in [0.05, 0.1) is 29.0 Å². The van der Waals surface area contributed by atoms with Gasteiger partial charge in [-0.05, 0) is 83.0 Å². The SMILES string of the molecule is CC1(O)CCC2CC3OC3(C)CCC3OC3(C)CCC1C2(C)C. The molecule has 0 aromatic rings. The number of fused-ring (bicyclic) bond motifs is 4. The fourth-order valence-corrected chi connectivity index (χ4v) is 5.99. The largest absolute Gasteiger partial charge is 0.390 e. The fraction of sp³-hybridized carbons (Fsp3) is 1.00. The van der Waals surface area contributed by atoms with Gasteiger partial charge in [0.2, 0.25) is 0 Å². The zero-order valence-electron chi connectivity index (χ0n) is 15.5. The summed E-state index contributed by atoms with van der Waals surface area (Å²) >= 11 is 0. The van der Waals surface area contributed by atoms with Gasteiger partial charge in [-0.15, -0.1) is 0 Å². The Hall–Kier alpha value is -0.120. The van der Waals surface area contributed by atoms with Gasteiger partial charge >= 0.3 is 0 Å². The van der Waals surface area contributed by atoms with E-state index in [1.165, 1.54) is 6.42 Å². The first kappa shape index (κ1) is 16.4. The summed E-state index contributed by atoms with van der Waals surface area (Å²) in [5.74, 6) is 1.00. The van der Waals surface area contributed by atoms with Crippen LogP contribution < -0.4 is 0 Å². The van der Waals surface area contributed by atoms with Crippen LogP contribution in [0.5, 0.6) is 0 Å². The molecule has 3 nitrogen and oxygen atoms in total. The molecule has 0 aromatic heterocycles. The first-order valence-corrected chi connectivity index (χ1v) is 9.65. The molecule has 7 unspecified atom stereocenters. The molecule has 2 aliphatic carbocycles. The van der Waals surface area contributed by atoms with Crippen molar-refractivity contribution in [3.05, 3.63) is 0 Å². The van der Waals surface area contributed by atoms with Crippen molar-refractivity contribution in [1.29, 1.82) is 0 Å². The normalized spacial score (nSPS) is 58.2. The number of ether oxygens (including phenoxy) is 2. The van der Waals surface area contributed by atoms with E-state index in [9.17, 15) is 5.11 Å². The summed E-state index contributed by atoms with van der Waals surface area (Å²) in [5.41, 5.74) is -0.260. The third kappa shape index (κ3) is 2.58. The zero-order chi connectivity index (χ0) is 16.7. The number of rotatable bonds is 0. The second-order valence-corrected chi connectivity index (χ2v) is 10.1. The van der Waals surface area contributed by atoms with Crippen LogP contribution in [0.15, 0.2) is 0 Å². The maximum atomic E-state index is 11.1. The number of hydrogen-bond acceptors (Lipinski definition) is 3. The summed E-state index contributed by atoms with van der Waals surface area (Å²) in [6, 6.07) is 0. The molecule has 0 radical (unpaired) electrons. The van der Waals surface area contributed by atoms with E-state index < -0.39 is 5.60 Å². The van der Waals surface area contributed by atoms with Crippen molar-refractivity contribution < 1.29 is 14.6 Å². The summed E-state index contributed by atoms with van der Waals surface area (Å²) in [4.78, 5) is 0. The smallest absolute Gasteiger partial charge is 0.0921 e. The van der Waals surface area contributed by atoms with E-state index in [-0.39, 0.29) is 16.6 Å². The lowest BCUT2D eigenvalue weighted by atomic mass is 9.54.